The molecule has 1 rings (SSSR count). The zero-order chi connectivity index (χ0) is 10.7. The molecular formula is C11H24Cl2NSiTi. The van der Waals surface area contributed by atoms with Crippen LogP contribution in [0.1, 0.15) is 27.2 Å². The van der Waals surface area contributed by atoms with Gasteiger partial charge in [0.15, 0.2) is 0 Å². The summed E-state index contributed by atoms with van der Waals surface area (Å²) >= 11 is 0. The number of halogens is 2. The van der Waals surface area contributed by atoms with Crippen LogP contribution in [0.15, 0.2) is 18.2 Å². The van der Waals surface area contributed by atoms with Gasteiger partial charge in [0, 0.05) is 9.52 Å². The van der Waals surface area contributed by atoms with E-state index in [4.69, 9.17) is 5.73 Å². The Kier molecular flexibility index (Phi) is 40.1. The van der Waals surface area contributed by atoms with E-state index in [1.54, 1.807) is 0 Å². The first-order chi connectivity index (χ1) is 5.91. The monoisotopic (exact) mass is 316 g/mol. The van der Waals surface area contributed by atoms with Gasteiger partial charge in [0.1, 0.15) is 0 Å². The molecule has 1 aliphatic rings. The average Bonchev–Trinajstić information content (AvgIpc) is 2.36. The van der Waals surface area contributed by atoms with Gasteiger partial charge in [-0.25, -0.2) is 12.2 Å². The van der Waals surface area contributed by atoms with E-state index < -0.39 is 0 Å². The van der Waals surface area contributed by atoms with Crippen molar-refractivity contribution in [1.29, 1.82) is 0 Å². The molecular weight excluding hydrogens is 293 g/mol. The minimum atomic E-state index is -0.250. The number of nitrogens with one attached hydrogen (secondary N) is 1. The van der Waals surface area contributed by atoms with Gasteiger partial charge < -0.3 is 5.73 Å². The fourth-order valence-corrected chi connectivity index (χ4v) is 0.340. The smallest absolute Gasteiger partial charge is 0.673 e. The molecule has 0 unspecified atom stereocenters. The van der Waals surface area contributed by atoms with E-state index in [-0.39, 0.29) is 52.1 Å². The van der Waals surface area contributed by atoms with Crippen molar-refractivity contribution in [2.75, 3.05) is 0 Å². The van der Waals surface area contributed by atoms with Crippen LogP contribution in [-0.4, -0.2) is 15.1 Å². The summed E-state index contributed by atoms with van der Waals surface area (Å²) in [5, 5.41) is 0. The van der Waals surface area contributed by atoms with E-state index in [2.05, 4.69) is 25.2 Å². The summed E-state index contributed by atoms with van der Waals surface area (Å²) in [4.78, 5) is 0. The predicted molar refractivity (Wildman–Crippen MR) is 79.0 cm³/mol. The number of hydrogen-bond acceptors (Lipinski definition) is 0. The minimum absolute atomic E-state index is 0. The first kappa shape index (κ1) is 30.2. The van der Waals surface area contributed by atoms with Crippen molar-refractivity contribution in [2.45, 2.75) is 45.8 Å². The molecule has 1 N–H and O–H groups in total. The number of allylic oxidation sites excluding steroid dienone is 4. The first-order valence-electron chi connectivity index (χ1n) is 4.62. The van der Waals surface area contributed by atoms with Gasteiger partial charge in [-0.15, -0.1) is 36.8 Å². The normalized spacial score (nSPS) is 10.4. The average molecular weight is 317 g/mol. The summed E-state index contributed by atoms with van der Waals surface area (Å²) in [5.74, 6) is 0. The summed E-state index contributed by atoms with van der Waals surface area (Å²) in [6.45, 7) is 9.98. The van der Waals surface area contributed by atoms with Crippen LogP contribution >= 0.6 is 24.8 Å². The molecule has 0 aromatic carbocycles. The third kappa shape index (κ3) is 82.2. The predicted octanol–water partition coefficient (Wildman–Crippen LogP) is 4.50. The maximum Gasteiger partial charge on any atom is 2.00 e. The van der Waals surface area contributed by atoms with Crippen molar-refractivity contribution in [1.82, 2.24) is 0 Å². The largest absolute Gasteiger partial charge is 2.00 e. The first-order valence-corrected chi connectivity index (χ1v) is 6.93. The van der Waals surface area contributed by atoms with Crippen LogP contribution in [0.4, 0.5) is 0 Å². The van der Waals surface area contributed by atoms with Gasteiger partial charge in [0.2, 0.25) is 0 Å². The topological polar surface area (TPSA) is 23.8 Å². The molecule has 0 aromatic heterocycles. The summed E-state index contributed by atoms with van der Waals surface area (Å²) in [6.07, 6.45) is 10.0. The molecule has 0 heterocycles. The maximum absolute atomic E-state index is 6.94. The van der Waals surface area contributed by atoms with Crippen molar-refractivity contribution in [2.24, 2.45) is 0 Å². The molecule has 0 aromatic rings. The molecule has 0 saturated heterocycles. The van der Waals surface area contributed by atoms with Crippen LogP contribution in [-0.2, 0) is 21.7 Å². The fourth-order valence-electron chi connectivity index (χ4n) is 0.340. The zero-order valence-electron chi connectivity index (χ0n) is 10.8. The van der Waals surface area contributed by atoms with E-state index in [0.29, 0.717) is 0 Å². The molecule has 5 heteroatoms. The Hall–Kier alpha value is 0.951. The van der Waals surface area contributed by atoms with Gasteiger partial charge in [-0.3, -0.25) is 6.08 Å². The van der Waals surface area contributed by atoms with Crippen LogP contribution in [0, 0.1) is 6.08 Å². The Labute approximate surface area is 131 Å². The number of rotatable bonds is 0. The second kappa shape index (κ2) is 21.3. The third-order valence-electron chi connectivity index (χ3n) is 0.586. The van der Waals surface area contributed by atoms with Crippen LogP contribution in [0.2, 0.25) is 13.1 Å². The molecule has 1 aliphatic carbocycles. The summed E-state index contributed by atoms with van der Waals surface area (Å²) < 4.78 is 0. The van der Waals surface area contributed by atoms with Crippen molar-refractivity contribution in [3.63, 3.8) is 0 Å². The van der Waals surface area contributed by atoms with Gasteiger partial charge in [0.25, 0.3) is 0 Å². The SMILES string of the molecule is CC(C)(C)[NH-].C[SiH]C.Cl.Cl.[C-]1=CC=CC1.[Ti+2]. The van der Waals surface area contributed by atoms with Crippen LogP contribution in [0.3, 0.4) is 0 Å². The van der Waals surface area contributed by atoms with Crippen molar-refractivity contribution < 1.29 is 21.7 Å². The second-order valence-corrected chi connectivity index (χ2v) is 4.99. The third-order valence-corrected chi connectivity index (χ3v) is 0.586. The number of hydrogen-bond donors (Lipinski definition) is 0. The Morgan fingerprint density at radius 1 is 1.19 bits per heavy atom. The van der Waals surface area contributed by atoms with E-state index >= 15 is 0 Å². The van der Waals surface area contributed by atoms with Crippen LogP contribution < -0.4 is 0 Å². The molecule has 16 heavy (non-hydrogen) atoms. The van der Waals surface area contributed by atoms with E-state index in [9.17, 15) is 0 Å². The molecule has 0 saturated carbocycles. The van der Waals surface area contributed by atoms with Crippen LogP contribution in [0.5, 0.6) is 0 Å². The molecule has 0 atom stereocenters. The molecule has 0 spiro atoms. The van der Waals surface area contributed by atoms with E-state index in [1.807, 2.05) is 32.9 Å². The Morgan fingerprint density at radius 2 is 1.50 bits per heavy atom. The minimum Gasteiger partial charge on any atom is -0.673 e. The molecule has 0 amide bonds. The van der Waals surface area contributed by atoms with Gasteiger partial charge >= 0.3 is 21.7 Å². The molecule has 95 valence electrons. The van der Waals surface area contributed by atoms with E-state index in [1.165, 1.54) is 0 Å². The van der Waals surface area contributed by atoms with Gasteiger partial charge in [0.05, 0.1) is 0 Å². The summed E-state index contributed by atoms with van der Waals surface area (Å²) in [5.41, 5.74) is 6.69. The second-order valence-electron chi connectivity index (χ2n) is 3.83. The van der Waals surface area contributed by atoms with Gasteiger partial charge in [-0.05, 0) is 0 Å². The Bertz CT molecular complexity index is 141. The Balaban J connectivity index is -0.0000000356. The fraction of sp³-hybridized carbons (Fsp3) is 0.636. The van der Waals surface area contributed by atoms with Crippen molar-refractivity contribution >= 4 is 34.3 Å². The summed E-state index contributed by atoms with van der Waals surface area (Å²) in [6, 6.07) is 0. The standard InChI is InChI=1S/C5H5.C4H10N.C2H7Si.2ClH.Ti/c1-2-4-5-3-1;1-4(2,3)5;1-3-2;;;/h1-3H,4H2;5H,1-3H3;3H,1-2H3;2*1H;/q2*-1;;;;+2. The molecule has 0 fully saturated rings. The maximum atomic E-state index is 6.94. The molecule has 1 nitrogen and oxygen atoms in total. The van der Waals surface area contributed by atoms with Crippen molar-refractivity contribution in [3.05, 3.63) is 30.0 Å². The van der Waals surface area contributed by atoms with Gasteiger partial charge in [-0.1, -0.05) is 33.9 Å². The molecule has 1 radical (unpaired) electrons. The van der Waals surface area contributed by atoms with Gasteiger partial charge in [-0.2, -0.15) is 6.08 Å². The van der Waals surface area contributed by atoms with Crippen LogP contribution in [0.25, 0.3) is 5.73 Å². The van der Waals surface area contributed by atoms with Crippen molar-refractivity contribution in [3.8, 4) is 0 Å². The molecule has 0 bridgehead atoms. The zero-order valence-corrected chi connectivity index (χ0v) is 15.2. The van der Waals surface area contributed by atoms with E-state index in [0.717, 1.165) is 15.9 Å². The quantitative estimate of drug-likeness (QED) is 0.464. The molecule has 0 aliphatic heterocycles. The summed E-state index contributed by atoms with van der Waals surface area (Å²) in [7, 11) is 0.750. The Morgan fingerprint density at radius 3 is 1.56 bits per heavy atom.